The SMILES string of the molecule is CSCC[C@H](NCc1c(CO)cnc(C)c1O)C(=O)O. The third-order valence-electron chi connectivity index (χ3n) is 3.03. The minimum absolute atomic E-state index is 0.00180. The first-order valence-corrected chi connectivity index (χ1v) is 7.63. The average Bonchev–Trinajstić information content (AvgIpc) is 2.42. The molecule has 6 nitrogen and oxygen atoms in total. The first-order valence-electron chi connectivity index (χ1n) is 6.23. The standard InChI is InChI=1S/C13H20N2O4S/c1-8-12(17)10(9(7-16)5-14-8)6-15-11(13(18)19)3-4-20-2/h5,11,15-17H,3-4,6-7H2,1-2H3,(H,18,19)/t11-/m0/s1. The summed E-state index contributed by atoms with van der Waals surface area (Å²) in [5.41, 5.74) is 1.44. The summed E-state index contributed by atoms with van der Waals surface area (Å²) in [6.07, 6.45) is 3.90. The van der Waals surface area contributed by atoms with Crippen molar-refractivity contribution in [3.05, 3.63) is 23.0 Å². The third-order valence-corrected chi connectivity index (χ3v) is 3.68. The molecule has 1 atom stereocenters. The summed E-state index contributed by atoms with van der Waals surface area (Å²) in [6, 6.07) is -0.679. The van der Waals surface area contributed by atoms with E-state index in [0.717, 1.165) is 5.75 Å². The van der Waals surface area contributed by atoms with Gasteiger partial charge in [-0.2, -0.15) is 11.8 Å². The van der Waals surface area contributed by atoms with Crippen LogP contribution in [0.1, 0.15) is 23.2 Å². The normalized spacial score (nSPS) is 12.3. The number of aliphatic carboxylic acids is 1. The fraction of sp³-hybridized carbons (Fsp3) is 0.538. The van der Waals surface area contributed by atoms with Gasteiger partial charge < -0.3 is 20.6 Å². The van der Waals surface area contributed by atoms with Crippen LogP contribution in [0.15, 0.2) is 6.20 Å². The van der Waals surface area contributed by atoms with Gasteiger partial charge in [0.15, 0.2) is 0 Å². The van der Waals surface area contributed by atoms with Crippen LogP contribution >= 0.6 is 11.8 Å². The van der Waals surface area contributed by atoms with E-state index in [4.69, 9.17) is 5.11 Å². The Hall–Kier alpha value is -1.31. The van der Waals surface area contributed by atoms with Crippen molar-refractivity contribution in [1.29, 1.82) is 0 Å². The number of thioether (sulfide) groups is 1. The van der Waals surface area contributed by atoms with Crippen LogP contribution in [0.25, 0.3) is 0 Å². The van der Waals surface area contributed by atoms with E-state index < -0.39 is 12.0 Å². The van der Waals surface area contributed by atoms with Crippen LogP contribution in [0.4, 0.5) is 0 Å². The van der Waals surface area contributed by atoms with Gasteiger partial charge in [0.25, 0.3) is 0 Å². The predicted octanol–water partition coefficient (Wildman–Crippen LogP) is 0.884. The third kappa shape index (κ3) is 4.36. The van der Waals surface area contributed by atoms with Gasteiger partial charge in [0.2, 0.25) is 0 Å². The summed E-state index contributed by atoms with van der Waals surface area (Å²) >= 11 is 1.58. The van der Waals surface area contributed by atoms with Gasteiger partial charge in [-0.05, 0) is 25.4 Å². The number of aliphatic hydroxyl groups is 1. The lowest BCUT2D eigenvalue weighted by Crippen LogP contribution is -2.37. The van der Waals surface area contributed by atoms with Gasteiger partial charge in [0, 0.05) is 23.9 Å². The Balaban J connectivity index is 2.81. The van der Waals surface area contributed by atoms with Gasteiger partial charge in [-0.1, -0.05) is 0 Å². The highest BCUT2D eigenvalue weighted by Gasteiger charge is 2.18. The van der Waals surface area contributed by atoms with E-state index in [9.17, 15) is 15.0 Å². The maximum atomic E-state index is 11.1. The second-order valence-corrected chi connectivity index (χ2v) is 5.39. The molecule has 112 valence electrons. The number of aromatic hydroxyl groups is 1. The summed E-state index contributed by atoms with van der Waals surface area (Å²) in [6.45, 7) is 1.58. The van der Waals surface area contributed by atoms with Crippen molar-refractivity contribution in [1.82, 2.24) is 10.3 Å². The Bertz CT molecular complexity index is 468. The average molecular weight is 300 g/mol. The van der Waals surface area contributed by atoms with Gasteiger partial charge in [-0.3, -0.25) is 9.78 Å². The molecule has 0 aliphatic carbocycles. The number of nitrogens with zero attached hydrogens (tertiary/aromatic N) is 1. The largest absolute Gasteiger partial charge is 0.506 e. The number of aliphatic hydroxyl groups excluding tert-OH is 1. The van der Waals surface area contributed by atoms with Crippen LogP contribution in [0.5, 0.6) is 5.75 Å². The zero-order chi connectivity index (χ0) is 15.1. The van der Waals surface area contributed by atoms with E-state index >= 15 is 0 Å². The number of carboxylic acids is 1. The lowest BCUT2D eigenvalue weighted by Gasteiger charge is -2.16. The second-order valence-electron chi connectivity index (χ2n) is 4.41. The molecule has 0 unspecified atom stereocenters. The van der Waals surface area contributed by atoms with Crippen molar-refractivity contribution in [3.8, 4) is 5.75 Å². The van der Waals surface area contributed by atoms with Crippen molar-refractivity contribution in [3.63, 3.8) is 0 Å². The highest BCUT2D eigenvalue weighted by atomic mass is 32.2. The highest BCUT2D eigenvalue weighted by Crippen LogP contribution is 2.23. The predicted molar refractivity (Wildman–Crippen MR) is 77.8 cm³/mol. The molecule has 0 aliphatic heterocycles. The van der Waals surface area contributed by atoms with Crippen LogP contribution in [-0.2, 0) is 17.9 Å². The molecule has 1 aromatic rings. The lowest BCUT2D eigenvalue weighted by atomic mass is 10.1. The van der Waals surface area contributed by atoms with E-state index in [2.05, 4.69) is 10.3 Å². The number of pyridine rings is 1. The summed E-state index contributed by atoms with van der Waals surface area (Å²) < 4.78 is 0. The molecule has 0 saturated heterocycles. The topological polar surface area (TPSA) is 103 Å². The van der Waals surface area contributed by atoms with Crippen molar-refractivity contribution in [2.24, 2.45) is 0 Å². The maximum Gasteiger partial charge on any atom is 0.320 e. The molecule has 0 aromatic carbocycles. The van der Waals surface area contributed by atoms with Crippen LogP contribution in [0.3, 0.4) is 0 Å². The van der Waals surface area contributed by atoms with Crippen LogP contribution in [-0.4, -0.2) is 44.3 Å². The zero-order valence-corrected chi connectivity index (χ0v) is 12.4. The van der Waals surface area contributed by atoms with Gasteiger partial charge in [0.1, 0.15) is 11.8 Å². The van der Waals surface area contributed by atoms with Crippen LogP contribution < -0.4 is 5.32 Å². The highest BCUT2D eigenvalue weighted by molar-refractivity contribution is 7.98. The molecule has 1 aromatic heterocycles. The number of carboxylic acid groups (broad SMARTS) is 1. The van der Waals surface area contributed by atoms with Gasteiger partial charge in [-0.15, -0.1) is 0 Å². The molecule has 0 fully saturated rings. The Kier molecular flexibility index (Phi) is 6.77. The molecular formula is C13H20N2O4S. The molecular weight excluding hydrogens is 280 g/mol. The monoisotopic (exact) mass is 300 g/mol. The summed E-state index contributed by atoms with van der Waals surface area (Å²) in [7, 11) is 0. The number of rotatable bonds is 8. The Morgan fingerprint density at radius 3 is 2.80 bits per heavy atom. The fourth-order valence-electron chi connectivity index (χ4n) is 1.79. The molecule has 0 saturated carbocycles. The number of aromatic nitrogens is 1. The molecule has 7 heteroatoms. The number of hydrogen-bond acceptors (Lipinski definition) is 6. The molecule has 1 heterocycles. The van der Waals surface area contributed by atoms with Crippen LogP contribution in [0.2, 0.25) is 0 Å². The molecule has 0 bridgehead atoms. The maximum absolute atomic E-state index is 11.1. The van der Waals surface area contributed by atoms with E-state index in [1.165, 1.54) is 6.20 Å². The Labute approximate surface area is 122 Å². The van der Waals surface area contributed by atoms with Crippen molar-refractivity contribution >= 4 is 17.7 Å². The molecule has 4 N–H and O–H groups in total. The van der Waals surface area contributed by atoms with Crippen molar-refractivity contribution < 1.29 is 20.1 Å². The minimum atomic E-state index is -0.921. The molecule has 1 rings (SSSR count). The number of aryl methyl sites for hydroxylation is 1. The lowest BCUT2D eigenvalue weighted by molar-refractivity contribution is -0.139. The smallest absolute Gasteiger partial charge is 0.320 e. The number of carbonyl (C=O) groups is 1. The first kappa shape index (κ1) is 16.7. The summed E-state index contributed by atoms with van der Waals surface area (Å²) in [4.78, 5) is 15.1. The summed E-state index contributed by atoms with van der Waals surface area (Å²) in [5, 5.41) is 31.3. The van der Waals surface area contributed by atoms with E-state index in [1.807, 2.05) is 6.26 Å². The second kappa shape index (κ2) is 8.08. The molecule has 0 amide bonds. The fourth-order valence-corrected chi connectivity index (χ4v) is 2.26. The van der Waals surface area contributed by atoms with E-state index in [-0.39, 0.29) is 18.9 Å². The quantitative estimate of drug-likeness (QED) is 0.565. The number of nitrogens with one attached hydrogen (secondary N) is 1. The Morgan fingerprint density at radius 2 is 2.25 bits per heavy atom. The zero-order valence-electron chi connectivity index (χ0n) is 11.6. The minimum Gasteiger partial charge on any atom is -0.506 e. The molecule has 0 radical (unpaired) electrons. The summed E-state index contributed by atoms with van der Waals surface area (Å²) in [5.74, 6) is -0.189. The molecule has 0 spiro atoms. The number of hydrogen-bond donors (Lipinski definition) is 4. The van der Waals surface area contributed by atoms with Gasteiger partial charge in [-0.25, -0.2) is 0 Å². The van der Waals surface area contributed by atoms with Gasteiger partial charge >= 0.3 is 5.97 Å². The molecule has 0 aliphatic rings. The Morgan fingerprint density at radius 1 is 1.55 bits per heavy atom. The van der Waals surface area contributed by atoms with Crippen molar-refractivity contribution in [2.45, 2.75) is 32.5 Å². The van der Waals surface area contributed by atoms with Crippen molar-refractivity contribution in [2.75, 3.05) is 12.0 Å². The first-order chi connectivity index (χ1) is 9.51. The van der Waals surface area contributed by atoms with E-state index in [0.29, 0.717) is 23.2 Å². The van der Waals surface area contributed by atoms with E-state index in [1.54, 1.807) is 18.7 Å². The van der Waals surface area contributed by atoms with Crippen LogP contribution in [0, 0.1) is 6.92 Å². The van der Waals surface area contributed by atoms with Gasteiger partial charge in [0.05, 0.1) is 12.3 Å². The molecule has 20 heavy (non-hydrogen) atoms.